The fourth-order valence-corrected chi connectivity index (χ4v) is 1.87. The Balaban J connectivity index is 2.81. The van der Waals surface area contributed by atoms with Gasteiger partial charge in [-0.2, -0.15) is 0 Å². The number of aryl methyl sites for hydroxylation is 2. The van der Waals surface area contributed by atoms with Crippen LogP contribution in [-0.2, 0) is 6.54 Å². The van der Waals surface area contributed by atoms with Crippen molar-refractivity contribution in [2.75, 3.05) is 0 Å². The number of nitrogens with zero attached hydrogens (tertiary/aromatic N) is 3. The summed E-state index contributed by atoms with van der Waals surface area (Å²) in [6.07, 6.45) is 2.69. The zero-order valence-electron chi connectivity index (χ0n) is 9.32. The summed E-state index contributed by atoms with van der Waals surface area (Å²) in [5, 5.41) is 0. The van der Waals surface area contributed by atoms with Crippen molar-refractivity contribution in [3.8, 4) is 0 Å². The second-order valence-electron chi connectivity index (χ2n) is 3.79. The Kier molecular flexibility index (Phi) is 2.34. The van der Waals surface area contributed by atoms with E-state index in [1.807, 2.05) is 19.9 Å². The molecule has 0 amide bonds. The van der Waals surface area contributed by atoms with Crippen LogP contribution in [0.5, 0.6) is 0 Å². The van der Waals surface area contributed by atoms with Gasteiger partial charge in [-0.3, -0.25) is 4.57 Å². The van der Waals surface area contributed by atoms with Crippen molar-refractivity contribution >= 4 is 5.52 Å². The van der Waals surface area contributed by atoms with Crippen LogP contribution in [0.2, 0.25) is 0 Å². The molecule has 0 atom stereocenters. The van der Waals surface area contributed by atoms with Gasteiger partial charge in [0.1, 0.15) is 5.82 Å². The molecule has 0 fully saturated rings. The maximum atomic E-state index is 12.1. The molecular weight excluding hydrogens is 190 g/mol. The van der Waals surface area contributed by atoms with Crippen molar-refractivity contribution in [2.24, 2.45) is 0 Å². The standard InChI is InChI=1S/C11H15N3O/c1-4-5-13-8(2)6-10-7-12-9(3)14(10)11(13)15/h6-7H,4-5H2,1-3H3. The number of imidazole rings is 1. The van der Waals surface area contributed by atoms with Crippen molar-refractivity contribution < 1.29 is 0 Å². The number of hydrogen-bond donors (Lipinski definition) is 0. The highest BCUT2D eigenvalue weighted by Crippen LogP contribution is 2.06. The third kappa shape index (κ3) is 1.46. The van der Waals surface area contributed by atoms with E-state index in [2.05, 4.69) is 11.9 Å². The van der Waals surface area contributed by atoms with Crippen LogP contribution >= 0.6 is 0 Å². The Labute approximate surface area is 88.2 Å². The lowest BCUT2D eigenvalue weighted by atomic mass is 10.3. The number of fused-ring (bicyclic) bond motifs is 1. The van der Waals surface area contributed by atoms with E-state index in [1.54, 1.807) is 15.2 Å². The van der Waals surface area contributed by atoms with E-state index in [1.165, 1.54) is 0 Å². The summed E-state index contributed by atoms with van der Waals surface area (Å²) in [6.45, 7) is 6.63. The highest BCUT2D eigenvalue weighted by atomic mass is 16.1. The van der Waals surface area contributed by atoms with Gasteiger partial charge in [0.2, 0.25) is 0 Å². The van der Waals surface area contributed by atoms with Crippen LogP contribution in [-0.4, -0.2) is 14.0 Å². The third-order valence-corrected chi connectivity index (χ3v) is 2.62. The molecule has 0 saturated heterocycles. The zero-order valence-corrected chi connectivity index (χ0v) is 9.32. The number of aromatic nitrogens is 3. The van der Waals surface area contributed by atoms with E-state index in [-0.39, 0.29) is 5.69 Å². The lowest BCUT2D eigenvalue weighted by Gasteiger charge is -2.09. The molecule has 0 unspecified atom stereocenters. The van der Waals surface area contributed by atoms with Crippen molar-refractivity contribution in [2.45, 2.75) is 33.7 Å². The molecule has 80 valence electrons. The molecule has 2 aromatic heterocycles. The first-order chi connectivity index (χ1) is 7.15. The van der Waals surface area contributed by atoms with Gasteiger partial charge < -0.3 is 0 Å². The van der Waals surface area contributed by atoms with Gasteiger partial charge in [0.25, 0.3) is 0 Å². The lowest BCUT2D eigenvalue weighted by molar-refractivity contribution is 0.608. The Morgan fingerprint density at radius 2 is 2.13 bits per heavy atom. The normalized spacial score (nSPS) is 11.1. The van der Waals surface area contributed by atoms with Crippen LogP contribution in [0.4, 0.5) is 0 Å². The highest BCUT2D eigenvalue weighted by molar-refractivity contribution is 5.46. The Hall–Kier alpha value is -1.58. The van der Waals surface area contributed by atoms with Gasteiger partial charge in [-0.15, -0.1) is 0 Å². The van der Waals surface area contributed by atoms with Crippen LogP contribution in [0.25, 0.3) is 5.52 Å². The maximum absolute atomic E-state index is 12.1. The molecule has 0 aliphatic carbocycles. The first-order valence-electron chi connectivity index (χ1n) is 5.19. The number of hydrogen-bond acceptors (Lipinski definition) is 2. The summed E-state index contributed by atoms with van der Waals surface area (Å²) >= 11 is 0. The summed E-state index contributed by atoms with van der Waals surface area (Å²) in [4.78, 5) is 16.3. The highest BCUT2D eigenvalue weighted by Gasteiger charge is 2.07. The van der Waals surface area contributed by atoms with E-state index < -0.39 is 0 Å². The Morgan fingerprint density at radius 3 is 2.80 bits per heavy atom. The van der Waals surface area contributed by atoms with E-state index >= 15 is 0 Å². The van der Waals surface area contributed by atoms with E-state index in [4.69, 9.17) is 0 Å². The molecule has 0 aromatic carbocycles. The van der Waals surface area contributed by atoms with E-state index in [0.29, 0.717) is 0 Å². The molecule has 0 aliphatic rings. The molecule has 0 aliphatic heterocycles. The van der Waals surface area contributed by atoms with Crippen LogP contribution in [0.1, 0.15) is 24.9 Å². The summed E-state index contributed by atoms with van der Waals surface area (Å²) in [5.41, 5.74) is 1.89. The average molecular weight is 205 g/mol. The van der Waals surface area contributed by atoms with Gasteiger partial charge in [0, 0.05) is 12.2 Å². The predicted octanol–water partition coefficient (Wildman–Crippen LogP) is 1.52. The lowest BCUT2D eigenvalue weighted by Crippen LogP contribution is -2.28. The minimum absolute atomic E-state index is 0.0156. The van der Waals surface area contributed by atoms with Gasteiger partial charge >= 0.3 is 5.69 Å². The molecule has 2 rings (SSSR count). The average Bonchev–Trinajstić information content (AvgIpc) is 2.54. The number of rotatable bonds is 2. The molecule has 0 N–H and O–H groups in total. The fourth-order valence-electron chi connectivity index (χ4n) is 1.87. The summed E-state index contributed by atoms with van der Waals surface area (Å²) in [7, 11) is 0. The minimum Gasteiger partial charge on any atom is -0.298 e. The second-order valence-corrected chi connectivity index (χ2v) is 3.79. The first-order valence-corrected chi connectivity index (χ1v) is 5.19. The van der Waals surface area contributed by atoms with Crippen molar-refractivity contribution in [3.05, 3.63) is 34.3 Å². The van der Waals surface area contributed by atoms with Gasteiger partial charge in [-0.1, -0.05) is 6.92 Å². The van der Waals surface area contributed by atoms with Gasteiger partial charge in [0.05, 0.1) is 11.7 Å². The summed E-state index contributed by atoms with van der Waals surface area (Å²) < 4.78 is 3.45. The molecule has 4 nitrogen and oxygen atoms in total. The monoisotopic (exact) mass is 205 g/mol. The molecule has 0 spiro atoms. The second kappa shape index (κ2) is 3.53. The van der Waals surface area contributed by atoms with Gasteiger partial charge in [0.15, 0.2) is 0 Å². The third-order valence-electron chi connectivity index (χ3n) is 2.62. The Bertz CT molecular complexity index is 551. The SMILES string of the molecule is CCCn1c(C)cc2cnc(C)n2c1=O. The molecule has 4 heteroatoms. The quantitative estimate of drug-likeness (QED) is 0.745. The predicted molar refractivity (Wildman–Crippen MR) is 59.2 cm³/mol. The molecule has 15 heavy (non-hydrogen) atoms. The Morgan fingerprint density at radius 1 is 1.40 bits per heavy atom. The molecular formula is C11H15N3O. The molecule has 0 saturated carbocycles. The minimum atomic E-state index is 0.0156. The van der Waals surface area contributed by atoms with Crippen molar-refractivity contribution in [3.63, 3.8) is 0 Å². The van der Waals surface area contributed by atoms with E-state index in [9.17, 15) is 4.79 Å². The van der Waals surface area contributed by atoms with Crippen molar-refractivity contribution in [1.29, 1.82) is 0 Å². The van der Waals surface area contributed by atoms with E-state index in [0.717, 1.165) is 30.0 Å². The fraction of sp³-hybridized carbons (Fsp3) is 0.455. The van der Waals surface area contributed by atoms with Gasteiger partial charge in [-0.05, 0) is 26.3 Å². The topological polar surface area (TPSA) is 39.3 Å². The van der Waals surface area contributed by atoms with Crippen LogP contribution in [0.15, 0.2) is 17.1 Å². The van der Waals surface area contributed by atoms with Crippen LogP contribution in [0.3, 0.4) is 0 Å². The molecule has 2 heterocycles. The summed E-state index contributed by atoms with van der Waals surface area (Å²) in [6, 6.07) is 2.00. The maximum Gasteiger partial charge on any atom is 0.334 e. The first kappa shape index (κ1) is 9.96. The smallest absolute Gasteiger partial charge is 0.298 e. The molecule has 2 aromatic rings. The van der Waals surface area contributed by atoms with Crippen molar-refractivity contribution in [1.82, 2.24) is 14.0 Å². The molecule has 0 bridgehead atoms. The van der Waals surface area contributed by atoms with Crippen LogP contribution < -0.4 is 5.69 Å². The largest absolute Gasteiger partial charge is 0.334 e. The molecule has 0 radical (unpaired) electrons. The zero-order chi connectivity index (χ0) is 11.0. The van der Waals surface area contributed by atoms with Crippen LogP contribution in [0, 0.1) is 13.8 Å². The van der Waals surface area contributed by atoms with Gasteiger partial charge in [-0.25, -0.2) is 14.2 Å². The summed E-state index contributed by atoms with van der Waals surface area (Å²) in [5.74, 6) is 0.750.